The lowest BCUT2D eigenvalue weighted by atomic mass is 9.73. The highest BCUT2D eigenvalue weighted by Gasteiger charge is 2.50. The van der Waals surface area contributed by atoms with Gasteiger partial charge in [0, 0.05) is 25.8 Å². The maximum absolute atomic E-state index is 14.7. The van der Waals surface area contributed by atoms with Crippen LogP contribution in [-0.4, -0.2) is 61.6 Å². The van der Waals surface area contributed by atoms with Crippen LogP contribution in [-0.2, 0) is 28.0 Å². The van der Waals surface area contributed by atoms with E-state index in [0.717, 1.165) is 38.0 Å². The Balaban J connectivity index is 3.33. The lowest BCUT2D eigenvalue weighted by Gasteiger charge is -2.46. The molecule has 1 rings (SSSR count). The monoisotopic (exact) mass is 698 g/mol. The van der Waals surface area contributed by atoms with Crippen LogP contribution in [0.1, 0.15) is 108 Å². The predicted octanol–water partition coefficient (Wildman–Crippen LogP) is 10.3. The van der Waals surface area contributed by atoms with Gasteiger partial charge in [-0.25, -0.2) is 0 Å². The quantitative estimate of drug-likeness (QED) is 0.0715. The van der Waals surface area contributed by atoms with Gasteiger partial charge in [-0.1, -0.05) is 102 Å². The summed E-state index contributed by atoms with van der Waals surface area (Å²) in [5.74, 6) is 0.859. The van der Waals surface area contributed by atoms with E-state index in [2.05, 4.69) is 94.3 Å². The van der Waals surface area contributed by atoms with Gasteiger partial charge in [-0.05, 0) is 72.9 Å². The van der Waals surface area contributed by atoms with Gasteiger partial charge in [0.15, 0.2) is 16.6 Å². The van der Waals surface area contributed by atoms with E-state index in [1.54, 1.807) is 0 Å². The van der Waals surface area contributed by atoms with E-state index in [1.165, 1.54) is 0 Å². The Morgan fingerprint density at radius 1 is 0.826 bits per heavy atom. The summed E-state index contributed by atoms with van der Waals surface area (Å²) >= 11 is 0. The van der Waals surface area contributed by atoms with Crippen LogP contribution in [0.15, 0.2) is 0 Å². The molecule has 0 unspecified atom stereocenters. The number of hydrogen-bond donors (Lipinski definition) is 0. The van der Waals surface area contributed by atoms with E-state index in [-0.39, 0.29) is 46.2 Å². The summed E-state index contributed by atoms with van der Waals surface area (Å²) in [6.07, 6.45) is 5.34. The van der Waals surface area contributed by atoms with Crippen LogP contribution < -0.4 is 0 Å². The van der Waals surface area contributed by atoms with Gasteiger partial charge < -0.3 is 18.4 Å². The summed E-state index contributed by atoms with van der Waals surface area (Å²) < 4.78 is 19.8. The van der Waals surface area contributed by atoms with Gasteiger partial charge in [-0.3, -0.25) is 9.59 Å². The van der Waals surface area contributed by atoms with Crippen molar-refractivity contribution in [3.8, 4) is 0 Å². The van der Waals surface area contributed by atoms with Crippen molar-refractivity contribution >= 4 is 42.7 Å². The molecule has 1 aliphatic carbocycles. The smallest absolute Gasteiger partial charge is 0.308 e. The summed E-state index contributed by atoms with van der Waals surface area (Å²) in [4.78, 5) is 39.0. The van der Waals surface area contributed by atoms with Crippen LogP contribution in [0, 0.1) is 29.1 Å². The number of rotatable bonds is 20. The molecule has 0 N–H and O–H groups in total. The van der Waals surface area contributed by atoms with Crippen molar-refractivity contribution < 1.29 is 28.0 Å². The molecular formula is C37H74O6Si3. The van der Waals surface area contributed by atoms with Gasteiger partial charge >= 0.3 is 5.97 Å². The first-order valence-corrected chi connectivity index (χ1v) is 27.6. The molecule has 1 aliphatic rings. The Hall–Kier alpha value is -0.619. The van der Waals surface area contributed by atoms with Crippen LogP contribution in [0.4, 0.5) is 0 Å². The van der Waals surface area contributed by atoms with Crippen molar-refractivity contribution in [3.63, 3.8) is 0 Å². The molecule has 0 amide bonds. The lowest BCUT2D eigenvalue weighted by molar-refractivity contribution is -0.150. The van der Waals surface area contributed by atoms with Crippen molar-refractivity contribution in [2.45, 2.75) is 182 Å². The van der Waals surface area contributed by atoms with Gasteiger partial charge in [0.05, 0.1) is 25.2 Å². The lowest BCUT2D eigenvalue weighted by Crippen LogP contribution is -2.54. The molecule has 0 aromatic rings. The zero-order valence-corrected chi connectivity index (χ0v) is 36.1. The molecule has 0 radical (unpaired) electrons. The van der Waals surface area contributed by atoms with E-state index in [9.17, 15) is 14.4 Å². The normalized spacial score (nSPS) is 20.9. The second kappa shape index (κ2) is 16.4. The number of Topliss-reactive ketones (excluding diaryl/α,β-unsaturated/α-hetero) is 1. The zero-order chi connectivity index (χ0) is 36.1. The molecule has 0 heterocycles. The van der Waals surface area contributed by atoms with E-state index < -0.39 is 36.2 Å². The Labute approximate surface area is 287 Å². The van der Waals surface area contributed by atoms with Crippen LogP contribution in [0.5, 0.6) is 0 Å². The maximum atomic E-state index is 14.7. The Morgan fingerprint density at radius 3 is 1.83 bits per heavy atom. The summed E-state index contributed by atoms with van der Waals surface area (Å²) in [5, 5.41) is -0.0700. The minimum Gasteiger partial charge on any atom is -0.466 e. The highest BCUT2D eigenvalue weighted by Crippen LogP contribution is 2.46. The molecule has 270 valence electrons. The fourth-order valence-electron chi connectivity index (χ4n) is 5.72. The first-order chi connectivity index (χ1) is 20.6. The van der Waals surface area contributed by atoms with Gasteiger partial charge in [-0.2, -0.15) is 0 Å². The number of hydrogen-bond acceptors (Lipinski definition) is 6. The Bertz CT molecular complexity index is 1000. The molecule has 0 saturated heterocycles. The summed E-state index contributed by atoms with van der Waals surface area (Å²) in [6, 6.07) is 0.911. The van der Waals surface area contributed by atoms with E-state index in [0.29, 0.717) is 24.9 Å². The van der Waals surface area contributed by atoms with Crippen LogP contribution in [0.25, 0.3) is 0 Å². The second-order valence-electron chi connectivity index (χ2n) is 19.4. The molecule has 6 atom stereocenters. The highest BCUT2D eigenvalue weighted by molar-refractivity contribution is 6.76. The highest BCUT2D eigenvalue weighted by atomic mass is 28.4. The SMILES string of the molecule is C[C@@H](CCC[C@@H]1C[C@H]1CC=O)[C@H](O[Si](C)(C)C(C)(C)C)[C@@H](C)C(=O)C(C)(C)[C@H](CC(=O)OCC[Si](C)(C)C)O[Si](C)(C)C(C)(C)C. The Kier molecular flexibility index (Phi) is 15.5. The summed E-state index contributed by atoms with van der Waals surface area (Å²) in [6.45, 7) is 37.6. The molecule has 0 bridgehead atoms. The zero-order valence-electron chi connectivity index (χ0n) is 33.1. The van der Waals surface area contributed by atoms with Gasteiger partial charge in [0.2, 0.25) is 0 Å². The molecule has 0 aliphatic heterocycles. The molecule has 9 heteroatoms. The first kappa shape index (κ1) is 43.4. The number of carbonyl (C=O) groups is 3. The molecular weight excluding hydrogens is 625 g/mol. The summed E-state index contributed by atoms with van der Waals surface area (Å²) in [7, 11) is -5.89. The third-order valence-corrected chi connectivity index (χ3v) is 22.2. The standard InChI is InChI=1S/C37H74O6Si3/c1-27(19-18-20-29-25-30(29)21-22-38)33(43-46(16,17)36(6,7)8)28(2)34(40)37(9,10)31(42-45(14,15)35(3,4)5)26-32(39)41-23-24-44(11,12)13/h22,27-31,33H,18-21,23-26H2,1-17H3/t27-,28+,29+,30+,31-,33-/m0/s1. The average Bonchev–Trinajstić information content (AvgIpc) is 3.61. The molecule has 1 saturated carbocycles. The van der Waals surface area contributed by atoms with Crippen molar-refractivity contribution in [1.82, 2.24) is 0 Å². The fourth-order valence-corrected chi connectivity index (χ4v) is 9.35. The summed E-state index contributed by atoms with van der Waals surface area (Å²) in [5.41, 5.74) is -0.919. The van der Waals surface area contributed by atoms with Crippen molar-refractivity contribution in [2.24, 2.45) is 29.1 Å². The van der Waals surface area contributed by atoms with Crippen molar-refractivity contribution in [1.29, 1.82) is 0 Å². The van der Waals surface area contributed by atoms with Crippen molar-refractivity contribution in [2.75, 3.05) is 6.61 Å². The van der Waals surface area contributed by atoms with Crippen LogP contribution in [0.2, 0.25) is 61.9 Å². The molecule has 0 spiro atoms. The average molecular weight is 699 g/mol. The third kappa shape index (κ3) is 13.0. The number of ketones is 1. The third-order valence-electron chi connectivity index (χ3n) is 11.6. The molecule has 0 aromatic heterocycles. The molecule has 1 fully saturated rings. The minimum absolute atomic E-state index is 0.00691. The van der Waals surface area contributed by atoms with Gasteiger partial charge in [0.25, 0.3) is 0 Å². The van der Waals surface area contributed by atoms with Gasteiger partial charge in [-0.15, -0.1) is 0 Å². The van der Waals surface area contributed by atoms with E-state index in [1.807, 2.05) is 20.8 Å². The molecule has 6 nitrogen and oxygen atoms in total. The molecule has 46 heavy (non-hydrogen) atoms. The van der Waals surface area contributed by atoms with Crippen LogP contribution >= 0.6 is 0 Å². The minimum atomic E-state index is -2.33. The number of carbonyl (C=O) groups excluding carboxylic acids is 3. The molecule has 0 aromatic carbocycles. The maximum Gasteiger partial charge on any atom is 0.308 e. The topological polar surface area (TPSA) is 78.9 Å². The number of esters is 1. The van der Waals surface area contributed by atoms with Gasteiger partial charge in [0.1, 0.15) is 12.1 Å². The largest absolute Gasteiger partial charge is 0.466 e. The predicted molar refractivity (Wildman–Crippen MR) is 201 cm³/mol. The van der Waals surface area contributed by atoms with Crippen molar-refractivity contribution in [3.05, 3.63) is 0 Å². The van der Waals surface area contributed by atoms with Crippen LogP contribution in [0.3, 0.4) is 0 Å². The number of aldehydes is 1. The first-order valence-electron chi connectivity index (χ1n) is 18.1. The van der Waals surface area contributed by atoms with E-state index >= 15 is 0 Å². The fraction of sp³-hybridized carbons (Fsp3) is 0.919. The number of ether oxygens (including phenoxy) is 1. The Morgan fingerprint density at radius 2 is 1.35 bits per heavy atom. The second-order valence-corrected chi connectivity index (χ2v) is 34.5. The van der Waals surface area contributed by atoms with E-state index in [4.69, 9.17) is 13.6 Å².